The standard InChI is InChI=1S/C27H40N4O4S/c1-4-21-25(34)31-14-9-12-22(31)24(33)29-27(2,13-6-5-7-15-36)26(35)28-18-20-11-8-10-19(16-20)17-23(32)30(21)3/h8,10-11,16,21-22,36H,4-7,9,12-15,17-18H2,1-3H3,(H,28,35)(H,29,33)/t21-,22+,27+/m0/s1. The van der Waals surface area contributed by atoms with Crippen LogP contribution in [0, 0.1) is 0 Å². The van der Waals surface area contributed by atoms with Gasteiger partial charge in [0, 0.05) is 20.1 Å². The maximum Gasteiger partial charge on any atom is 0.246 e. The summed E-state index contributed by atoms with van der Waals surface area (Å²) in [6, 6.07) is 6.25. The number of carbonyl (C=O) groups is 4. The number of thiol groups is 1. The molecule has 0 spiro atoms. The van der Waals surface area contributed by atoms with Gasteiger partial charge in [0.2, 0.25) is 23.6 Å². The van der Waals surface area contributed by atoms with Gasteiger partial charge in [-0.1, -0.05) is 44.0 Å². The van der Waals surface area contributed by atoms with Gasteiger partial charge in [-0.05, 0) is 55.9 Å². The summed E-state index contributed by atoms with van der Waals surface area (Å²) in [5, 5.41) is 5.99. The molecule has 0 radical (unpaired) electrons. The molecule has 2 heterocycles. The summed E-state index contributed by atoms with van der Waals surface area (Å²) in [4.78, 5) is 56.6. The smallest absolute Gasteiger partial charge is 0.246 e. The summed E-state index contributed by atoms with van der Waals surface area (Å²) < 4.78 is 0. The lowest BCUT2D eigenvalue weighted by molar-refractivity contribution is -0.148. The van der Waals surface area contributed by atoms with Crippen LogP contribution >= 0.6 is 12.6 Å². The van der Waals surface area contributed by atoms with Gasteiger partial charge in [-0.3, -0.25) is 19.2 Å². The van der Waals surface area contributed by atoms with E-state index in [9.17, 15) is 19.2 Å². The van der Waals surface area contributed by atoms with Crippen molar-refractivity contribution < 1.29 is 19.2 Å². The Labute approximate surface area is 220 Å². The Bertz CT molecular complexity index is 971. The molecule has 1 aromatic carbocycles. The maximum absolute atomic E-state index is 13.6. The Morgan fingerprint density at radius 2 is 1.86 bits per heavy atom. The molecule has 2 bridgehead atoms. The lowest BCUT2D eigenvalue weighted by Crippen LogP contribution is -2.61. The molecule has 1 saturated heterocycles. The predicted octanol–water partition coefficient (Wildman–Crippen LogP) is 2.45. The quantitative estimate of drug-likeness (QED) is 0.400. The lowest BCUT2D eigenvalue weighted by atomic mass is 9.92. The van der Waals surface area contributed by atoms with Crippen LogP contribution in [0.5, 0.6) is 0 Å². The van der Waals surface area contributed by atoms with Crippen LogP contribution in [0.25, 0.3) is 0 Å². The van der Waals surface area contributed by atoms with Crippen molar-refractivity contribution >= 4 is 36.3 Å². The van der Waals surface area contributed by atoms with Crippen LogP contribution in [-0.2, 0) is 32.1 Å². The molecule has 9 heteroatoms. The van der Waals surface area contributed by atoms with E-state index in [4.69, 9.17) is 0 Å². The molecule has 0 aromatic heterocycles. The third kappa shape index (κ3) is 6.60. The first-order valence-electron chi connectivity index (χ1n) is 13.0. The van der Waals surface area contributed by atoms with Crippen LogP contribution in [0.1, 0.15) is 69.9 Å². The summed E-state index contributed by atoms with van der Waals surface area (Å²) in [5.41, 5.74) is 0.600. The average Bonchev–Trinajstić information content (AvgIpc) is 3.35. The van der Waals surface area contributed by atoms with Gasteiger partial charge >= 0.3 is 0 Å². The second-order valence-electron chi connectivity index (χ2n) is 10.2. The number of fused-ring (bicyclic) bond motifs is 3. The van der Waals surface area contributed by atoms with E-state index in [2.05, 4.69) is 23.3 Å². The van der Waals surface area contributed by atoms with Gasteiger partial charge in [0.1, 0.15) is 17.6 Å². The topological polar surface area (TPSA) is 98.8 Å². The molecule has 2 aliphatic heterocycles. The van der Waals surface area contributed by atoms with Gasteiger partial charge in [0.25, 0.3) is 0 Å². The van der Waals surface area contributed by atoms with E-state index in [1.165, 1.54) is 4.90 Å². The van der Waals surface area contributed by atoms with Crippen LogP contribution in [-0.4, -0.2) is 70.4 Å². The van der Waals surface area contributed by atoms with E-state index in [-0.39, 0.29) is 30.0 Å². The molecule has 1 aromatic rings. The zero-order valence-electron chi connectivity index (χ0n) is 21.7. The van der Waals surface area contributed by atoms with Crippen molar-refractivity contribution in [3.05, 3.63) is 35.4 Å². The van der Waals surface area contributed by atoms with Gasteiger partial charge in [0.15, 0.2) is 0 Å². The number of amides is 4. The van der Waals surface area contributed by atoms with E-state index >= 15 is 0 Å². The number of nitrogens with zero attached hydrogens (tertiary/aromatic N) is 2. The molecule has 0 saturated carbocycles. The zero-order chi connectivity index (χ0) is 26.3. The van der Waals surface area contributed by atoms with Gasteiger partial charge in [0.05, 0.1) is 6.42 Å². The summed E-state index contributed by atoms with van der Waals surface area (Å²) in [6.45, 7) is 4.40. The monoisotopic (exact) mass is 516 g/mol. The number of rotatable bonds is 6. The first kappa shape index (κ1) is 28.0. The minimum Gasteiger partial charge on any atom is -0.350 e. The summed E-state index contributed by atoms with van der Waals surface area (Å²) in [7, 11) is 1.66. The van der Waals surface area contributed by atoms with Gasteiger partial charge in [-0.25, -0.2) is 0 Å². The van der Waals surface area contributed by atoms with Crippen molar-refractivity contribution in [3.63, 3.8) is 0 Å². The molecule has 0 unspecified atom stereocenters. The minimum absolute atomic E-state index is 0.155. The highest BCUT2D eigenvalue weighted by Gasteiger charge is 2.42. The number of benzene rings is 1. The molecule has 1 fully saturated rings. The van der Waals surface area contributed by atoms with Crippen LogP contribution < -0.4 is 10.6 Å². The second kappa shape index (κ2) is 12.6. The highest BCUT2D eigenvalue weighted by Crippen LogP contribution is 2.24. The Morgan fingerprint density at radius 1 is 1.11 bits per heavy atom. The second-order valence-corrected chi connectivity index (χ2v) is 10.6. The fourth-order valence-corrected chi connectivity index (χ4v) is 5.39. The minimum atomic E-state index is -1.10. The molecular formula is C27H40N4O4S. The van der Waals surface area contributed by atoms with Crippen molar-refractivity contribution in [2.24, 2.45) is 0 Å². The highest BCUT2D eigenvalue weighted by molar-refractivity contribution is 7.80. The number of carbonyl (C=O) groups excluding carboxylic acids is 4. The fourth-order valence-electron chi connectivity index (χ4n) is 5.16. The third-order valence-electron chi connectivity index (χ3n) is 7.41. The first-order chi connectivity index (χ1) is 17.2. The van der Waals surface area contributed by atoms with E-state index in [1.54, 1.807) is 18.9 Å². The van der Waals surface area contributed by atoms with E-state index in [1.807, 2.05) is 31.2 Å². The Balaban J connectivity index is 1.95. The predicted molar refractivity (Wildman–Crippen MR) is 142 cm³/mol. The largest absolute Gasteiger partial charge is 0.350 e. The number of nitrogens with one attached hydrogen (secondary N) is 2. The molecule has 3 rings (SSSR count). The molecule has 198 valence electrons. The SMILES string of the molecule is CC[C@H]1C(=O)N2CCC[C@@H]2C(=O)N[C@](C)(CCCCCS)C(=O)NCc2cccc(c2)CC(=O)N1C. The Kier molecular flexibility index (Phi) is 9.82. The van der Waals surface area contributed by atoms with Gasteiger partial charge in [-0.15, -0.1) is 0 Å². The van der Waals surface area contributed by atoms with Crippen molar-refractivity contribution in [1.29, 1.82) is 0 Å². The molecule has 36 heavy (non-hydrogen) atoms. The van der Waals surface area contributed by atoms with Gasteiger partial charge < -0.3 is 20.4 Å². The number of hydrogen-bond acceptors (Lipinski definition) is 5. The maximum atomic E-state index is 13.6. The van der Waals surface area contributed by atoms with Crippen LogP contribution in [0.2, 0.25) is 0 Å². The van der Waals surface area contributed by atoms with E-state index < -0.39 is 17.6 Å². The zero-order valence-corrected chi connectivity index (χ0v) is 22.6. The molecule has 2 aliphatic rings. The van der Waals surface area contributed by atoms with Crippen molar-refractivity contribution in [1.82, 2.24) is 20.4 Å². The van der Waals surface area contributed by atoms with E-state index in [0.29, 0.717) is 38.8 Å². The van der Waals surface area contributed by atoms with Crippen molar-refractivity contribution in [2.75, 3.05) is 19.3 Å². The fraction of sp³-hybridized carbons (Fsp3) is 0.630. The van der Waals surface area contributed by atoms with Crippen LogP contribution in [0.3, 0.4) is 0 Å². The van der Waals surface area contributed by atoms with Crippen molar-refractivity contribution in [2.45, 2.75) is 89.4 Å². The van der Waals surface area contributed by atoms with Gasteiger partial charge in [-0.2, -0.15) is 12.6 Å². The summed E-state index contributed by atoms with van der Waals surface area (Å²) >= 11 is 4.27. The highest BCUT2D eigenvalue weighted by atomic mass is 32.1. The Morgan fingerprint density at radius 3 is 2.58 bits per heavy atom. The molecule has 3 atom stereocenters. The normalized spacial score (nSPS) is 26.0. The van der Waals surface area contributed by atoms with Crippen LogP contribution in [0.4, 0.5) is 0 Å². The number of hydrogen-bond donors (Lipinski definition) is 3. The molecule has 2 N–H and O–H groups in total. The average molecular weight is 517 g/mol. The van der Waals surface area contributed by atoms with Crippen LogP contribution in [0.15, 0.2) is 24.3 Å². The molecule has 0 aliphatic carbocycles. The molecule has 4 amide bonds. The summed E-state index contributed by atoms with van der Waals surface area (Å²) in [6.07, 6.45) is 4.98. The third-order valence-corrected chi connectivity index (χ3v) is 7.72. The van der Waals surface area contributed by atoms with Crippen molar-refractivity contribution in [3.8, 4) is 0 Å². The number of likely N-dealkylation sites (N-methyl/N-ethyl adjacent to an activating group) is 1. The number of unbranched alkanes of at least 4 members (excludes halogenated alkanes) is 2. The molecule has 8 nitrogen and oxygen atoms in total. The summed E-state index contributed by atoms with van der Waals surface area (Å²) in [5.74, 6) is -0.160. The first-order valence-corrected chi connectivity index (χ1v) is 13.7. The lowest BCUT2D eigenvalue weighted by Gasteiger charge is -2.35. The Hall–Kier alpha value is -2.55. The molecular weight excluding hydrogens is 476 g/mol. The van der Waals surface area contributed by atoms with E-state index in [0.717, 1.165) is 36.1 Å².